The Morgan fingerprint density at radius 3 is 2.91 bits per heavy atom. The Kier molecular flexibility index (Phi) is 2.65. The third-order valence-electron chi connectivity index (χ3n) is 1.96. The summed E-state index contributed by atoms with van der Waals surface area (Å²) in [6.45, 7) is 0. The van der Waals surface area contributed by atoms with Gasteiger partial charge in [-0.15, -0.1) is 0 Å². The number of hydrogen-bond donors (Lipinski definition) is 1. The molecule has 0 aromatic heterocycles. The standard InChI is InChI=1S/C8H12O3/c1-11-7-5-3-2-4-6(7)8(9)10/h3,5-7H,2,4H2,1H3,(H,9,10). The van der Waals surface area contributed by atoms with Crippen molar-refractivity contribution in [3.05, 3.63) is 12.2 Å². The lowest BCUT2D eigenvalue weighted by Gasteiger charge is -2.22. The highest BCUT2D eigenvalue weighted by Crippen LogP contribution is 2.20. The molecule has 0 aliphatic heterocycles. The molecule has 2 atom stereocenters. The molecule has 1 rings (SSSR count). The lowest BCUT2D eigenvalue weighted by Crippen LogP contribution is -2.29. The average Bonchev–Trinajstić information content (AvgIpc) is 2.04. The number of allylic oxidation sites excluding steroid dienone is 1. The second-order valence-corrected chi connectivity index (χ2v) is 2.65. The third-order valence-corrected chi connectivity index (χ3v) is 1.96. The summed E-state index contributed by atoms with van der Waals surface area (Å²) in [6.07, 6.45) is 5.08. The van der Waals surface area contributed by atoms with Gasteiger partial charge in [-0.1, -0.05) is 12.2 Å². The summed E-state index contributed by atoms with van der Waals surface area (Å²) in [6, 6.07) is 0. The smallest absolute Gasteiger partial charge is 0.309 e. The van der Waals surface area contributed by atoms with E-state index in [-0.39, 0.29) is 12.0 Å². The maximum Gasteiger partial charge on any atom is 0.309 e. The minimum Gasteiger partial charge on any atom is -0.481 e. The van der Waals surface area contributed by atoms with Gasteiger partial charge >= 0.3 is 5.97 Å². The summed E-state index contributed by atoms with van der Waals surface area (Å²) in [5.41, 5.74) is 0. The molecule has 1 aliphatic rings. The predicted octanol–water partition coefficient (Wildman–Crippen LogP) is 1.05. The maximum atomic E-state index is 10.6. The van der Waals surface area contributed by atoms with Crippen molar-refractivity contribution in [3.8, 4) is 0 Å². The van der Waals surface area contributed by atoms with Crippen LogP contribution in [0, 0.1) is 5.92 Å². The first-order chi connectivity index (χ1) is 5.25. The van der Waals surface area contributed by atoms with Crippen LogP contribution in [0.2, 0.25) is 0 Å². The molecule has 0 fully saturated rings. The second-order valence-electron chi connectivity index (χ2n) is 2.65. The summed E-state index contributed by atoms with van der Waals surface area (Å²) >= 11 is 0. The van der Waals surface area contributed by atoms with Crippen LogP contribution in [0.15, 0.2) is 12.2 Å². The number of hydrogen-bond acceptors (Lipinski definition) is 2. The van der Waals surface area contributed by atoms with Crippen LogP contribution in [0.5, 0.6) is 0 Å². The number of carboxylic acids is 1. The predicted molar refractivity (Wildman–Crippen MR) is 40.3 cm³/mol. The van der Waals surface area contributed by atoms with Crippen LogP contribution in [0.4, 0.5) is 0 Å². The topological polar surface area (TPSA) is 46.5 Å². The van der Waals surface area contributed by atoms with Crippen molar-refractivity contribution in [1.29, 1.82) is 0 Å². The van der Waals surface area contributed by atoms with Gasteiger partial charge in [0.05, 0.1) is 12.0 Å². The van der Waals surface area contributed by atoms with Gasteiger partial charge in [-0.25, -0.2) is 0 Å². The van der Waals surface area contributed by atoms with Gasteiger partial charge in [0.1, 0.15) is 0 Å². The minimum atomic E-state index is -0.763. The molecule has 0 saturated heterocycles. The van der Waals surface area contributed by atoms with Crippen molar-refractivity contribution < 1.29 is 14.6 Å². The van der Waals surface area contributed by atoms with Gasteiger partial charge in [0.25, 0.3) is 0 Å². The van der Waals surface area contributed by atoms with Gasteiger partial charge in [0, 0.05) is 7.11 Å². The number of aliphatic carboxylic acids is 1. The van der Waals surface area contributed by atoms with E-state index >= 15 is 0 Å². The van der Waals surface area contributed by atoms with Crippen LogP contribution in [0.1, 0.15) is 12.8 Å². The van der Waals surface area contributed by atoms with E-state index in [1.54, 1.807) is 0 Å². The minimum absolute atomic E-state index is 0.235. The van der Waals surface area contributed by atoms with Crippen molar-refractivity contribution in [1.82, 2.24) is 0 Å². The van der Waals surface area contributed by atoms with Crippen LogP contribution in [-0.2, 0) is 9.53 Å². The average molecular weight is 156 g/mol. The molecule has 0 saturated carbocycles. The normalized spacial score (nSPS) is 30.3. The van der Waals surface area contributed by atoms with Crippen LogP contribution in [0.3, 0.4) is 0 Å². The first-order valence-corrected chi connectivity index (χ1v) is 3.68. The first kappa shape index (κ1) is 8.27. The fourth-order valence-electron chi connectivity index (χ4n) is 1.31. The first-order valence-electron chi connectivity index (χ1n) is 3.68. The molecule has 0 aromatic rings. The molecule has 0 bridgehead atoms. The quantitative estimate of drug-likeness (QED) is 0.608. The largest absolute Gasteiger partial charge is 0.481 e. The Morgan fingerprint density at radius 1 is 1.73 bits per heavy atom. The summed E-state index contributed by atoms with van der Waals surface area (Å²) in [7, 11) is 1.54. The number of rotatable bonds is 2. The SMILES string of the molecule is COC1C=CCCC1C(=O)O. The summed E-state index contributed by atoms with van der Waals surface area (Å²) in [4.78, 5) is 10.6. The Bertz CT molecular complexity index is 174. The van der Waals surface area contributed by atoms with Gasteiger partial charge in [0.15, 0.2) is 0 Å². The van der Waals surface area contributed by atoms with Crippen molar-refractivity contribution in [3.63, 3.8) is 0 Å². The molecule has 3 heteroatoms. The van der Waals surface area contributed by atoms with E-state index in [1.807, 2.05) is 12.2 Å². The van der Waals surface area contributed by atoms with Crippen LogP contribution >= 0.6 is 0 Å². The molecule has 2 unspecified atom stereocenters. The number of methoxy groups -OCH3 is 1. The van der Waals surface area contributed by atoms with Gasteiger partial charge in [-0.2, -0.15) is 0 Å². The van der Waals surface area contributed by atoms with Gasteiger partial charge < -0.3 is 9.84 Å². The Labute approximate surface area is 65.7 Å². The molecule has 1 N–H and O–H groups in total. The molecule has 0 aromatic carbocycles. The Hall–Kier alpha value is -0.830. The molecule has 3 nitrogen and oxygen atoms in total. The molecule has 11 heavy (non-hydrogen) atoms. The van der Waals surface area contributed by atoms with E-state index < -0.39 is 5.97 Å². The van der Waals surface area contributed by atoms with Crippen LogP contribution in [-0.4, -0.2) is 24.3 Å². The monoisotopic (exact) mass is 156 g/mol. The highest BCUT2D eigenvalue weighted by atomic mass is 16.5. The van der Waals surface area contributed by atoms with E-state index in [1.165, 1.54) is 7.11 Å². The fraction of sp³-hybridized carbons (Fsp3) is 0.625. The molecule has 0 radical (unpaired) electrons. The summed E-state index contributed by atoms with van der Waals surface area (Å²) < 4.78 is 5.00. The maximum absolute atomic E-state index is 10.6. The van der Waals surface area contributed by atoms with E-state index in [2.05, 4.69) is 0 Å². The highest BCUT2D eigenvalue weighted by Gasteiger charge is 2.27. The molecular weight excluding hydrogens is 144 g/mol. The van der Waals surface area contributed by atoms with Crippen molar-refractivity contribution in [2.45, 2.75) is 18.9 Å². The van der Waals surface area contributed by atoms with Crippen LogP contribution < -0.4 is 0 Å². The van der Waals surface area contributed by atoms with E-state index in [4.69, 9.17) is 9.84 Å². The second kappa shape index (κ2) is 3.53. The van der Waals surface area contributed by atoms with Crippen molar-refractivity contribution >= 4 is 5.97 Å². The summed E-state index contributed by atoms with van der Waals surface area (Å²) in [5, 5.41) is 8.73. The lowest BCUT2D eigenvalue weighted by molar-refractivity contribution is -0.145. The fourth-order valence-corrected chi connectivity index (χ4v) is 1.31. The van der Waals surface area contributed by atoms with Gasteiger partial charge in [-0.3, -0.25) is 4.79 Å². The molecule has 0 spiro atoms. The molecule has 62 valence electrons. The summed E-state index contributed by atoms with van der Waals surface area (Å²) in [5.74, 6) is -1.12. The van der Waals surface area contributed by atoms with Crippen molar-refractivity contribution in [2.24, 2.45) is 5.92 Å². The number of carbonyl (C=O) groups is 1. The number of ether oxygens (including phenoxy) is 1. The Balaban J connectivity index is 2.63. The zero-order valence-corrected chi connectivity index (χ0v) is 6.49. The highest BCUT2D eigenvalue weighted by molar-refractivity contribution is 5.71. The molecular formula is C8H12O3. The molecule has 0 heterocycles. The van der Waals surface area contributed by atoms with Gasteiger partial charge in [0.2, 0.25) is 0 Å². The van der Waals surface area contributed by atoms with E-state index in [0.29, 0.717) is 6.42 Å². The Morgan fingerprint density at radius 2 is 2.45 bits per heavy atom. The van der Waals surface area contributed by atoms with E-state index in [0.717, 1.165) is 6.42 Å². The zero-order valence-electron chi connectivity index (χ0n) is 6.49. The van der Waals surface area contributed by atoms with E-state index in [9.17, 15) is 4.79 Å². The number of carboxylic acid groups (broad SMARTS) is 1. The van der Waals surface area contributed by atoms with Gasteiger partial charge in [-0.05, 0) is 12.8 Å². The van der Waals surface area contributed by atoms with Crippen LogP contribution in [0.25, 0.3) is 0 Å². The lowest BCUT2D eigenvalue weighted by atomic mass is 9.92. The third kappa shape index (κ3) is 1.80. The molecule has 0 amide bonds. The molecule has 1 aliphatic carbocycles. The zero-order chi connectivity index (χ0) is 8.27. The van der Waals surface area contributed by atoms with Crippen molar-refractivity contribution in [2.75, 3.05) is 7.11 Å².